The fourth-order valence-electron chi connectivity index (χ4n) is 6.45. The summed E-state index contributed by atoms with van der Waals surface area (Å²) in [5.41, 5.74) is 13.1. The summed E-state index contributed by atoms with van der Waals surface area (Å²) in [6.45, 7) is 0. The van der Waals surface area contributed by atoms with Crippen LogP contribution in [0, 0.1) is 0 Å². The van der Waals surface area contributed by atoms with Crippen LogP contribution in [0.2, 0.25) is 0 Å². The van der Waals surface area contributed by atoms with Crippen LogP contribution in [0.25, 0.3) is 0 Å². The summed E-state index contributed by atoms with van der Waals surface area (Å²) in [4.78, 5) is 0. The molecule has 0 fully saturated rings. The molecule has 9 aromatic rings. The molecule has 10 nitrogen and oxygen atoms in total. The summed E-state index contributed by atoms with van der Waals surface area (Å²) in [5, 5.41) is 0. The van der Waals surface area contributed by atoms with Gasteiger partial charge < -0.3 is 49.4 Å². The van der Waals surface area contributed by atoms with E-state index in [-0.39, 0.29) is 0 Å². The van der Waals surface area contributed by atoms with E-state index in [1.54, 1.807) is 36.4 Å². The zero-order chi connectivity index (χ0) is 43.5. The van der Waals surface area contributed by atoms with Gasteiger partial charge in [0.25, 0.3) is 0 Å². The lowest BCUT2D eigenvalue weighted by Crippen LogP contribution is -1.92. The number of ether oxygens (including phenoxy) is 8. The molecule has 0 bridgehead atoms. The molecule has 0 aliphatic carbocycles. The van der Waals surface area contributed by atoms with E-state index >= 15 is 0 Å². The van der Waals surface area contributed by atoms with Crippen LogP contribution in [0.5, 0.6) is 92.0 Å². The molecule has 0 atom stereocenters. The number of rotatable bonds is 16. The predicted octanol–water partition coefficient (Wildman–Crippen LogP) is 15.2. The molecule has 0 aromatic heterocycles. The molecule has 0 aliphatic rings. The summed E-state index contributed by atoms with van der Waals surface area (Å²) in [6.07, 6.45) is 0. The molecule has 314 valence electrons. The largest absolute Gasteiger partial charge is 0.457 e. The van der Waals surface area contributed by atoms with Crippen molar-refractivity contribution >= 4 is 11.4 Å². The average Bonchev–Trinajstić information content (AvgIpc) is 3.28. The summed E-state index contributed by atoms with van der Waals surface area (Å²) in [6, 6.07) is 66.2. The van der Waals surface area contributed by atoms with E-state index < -0.39 is 0 Å². The Morgan fingerprint density at radius 3 is 0.594 bits per heavy atom. The van der Waals surface area contributed by atoms with Gasteiger partial charge in [0.2, 0.25) is 0 Å². The minimum atomic E-state index is 0.510. The van der Waals surface area contributed by atoms with Crippen LogP contribution in [0.4, 0.5) is 11.4 Å². The Kier molecular flexibility index (Phi) is 12.1. The van der Waals surface area contributed by atoms with Crippen LogP contribution < -0.4 is 49.4 Å². The third-order valence-corrected chi connectivity index (χ3v) is 9.27. The van der Waals surface area contributed by atoms with Crippen molar-refractivity contribution in [3.8, 4) is 92.0 Å². The highest BCUT2D eigenvalue weighted by Gasteiger charge is 2.11. The lowest BCUT2D eigenvalue weighted by atomic mass is 10.2. The number of benzene rings is 9. The minimum absolute atomic E-state index is 0.510. The Bertz CT molecular complexity index is 2820. The molecule has 10 heteroatoms. The Morgan fingerprint density at radius 2 is 0.375 bits per heavy atom. The number of hydrogen-bond acceptors (Lipinski definition) is 10. The van der Waals surface area contributed by atoms with E-state index in [1.807, 2.05) is 182 Å². The van der Waals surface area contributed by atoms with Crippen LogP contribution >= 0.6 is 0 Å². The van der Waals surface area contributed by atoms with Gasteiger partial charge in [-0.3, -0.25) is 0 Å². The van der Waals surface area contributed by atoms with Gasteiger partial charge in [-0.15, -0.1) is 0 Å². The quantitative estimate of drug-likeness (QED) is 0.0908. The molecule has 0 amide bonds. The van der Waals surface area contributed by atoms with E-state index in [0.717, 1.165) is 0 Å². The second-order valence-corrected chi connectivity index (χ2v) is 14.3. The van der Waals surface area contributed by atoms with Crippen LogP contribution in [0.3, 0.4) is 0 Å². The van der Waals surface area contributed by atoms with E-state index in [9.17, 15) is 0 Å². The molecule has 64 heavy (non-hydrogen) atoms. The molecular formula is C54H40N2O8. The third kappa shape index (κ3) is 11.0. The van der Waals surface area contributed by atoms with Crippen molar-refractivity contribution in [2.75, 3.05) is 11.5 Å². The summed E-state index contributed by atoms with van der Waals surface area (Å²) >= 11 is 0. The highest BCUT2D eigenvalue weighted by Crippen LogP contribution is 2.39. The van der Waals surface area contributed by atoms with Crippen molar-refractivity contribution in [3.63, 3.8) is 0 Å². The number of nitrogens with two attached hydrogens (primary N) is 2. The van der Waals surface area contributed by atoms with Crippen molar-refractivity contribution in [2.45, 2.75) is 0 Å². The summed E-state index contributed by atoms with van der Waals surface area (Å²) in [5.74, 6) is 9.33. The maximum atomic E-state index is 6.35. The highest BCUT2D eigenvalue weighted by atomic mass is 16.5. The molecule has 9 aromatic carbocycles. The second-order valence-electron chi connectivity index (χ2n) is 14.3. The Morgan fingerprint density at radius 1 is 0.188 bits per heavy atom. The first-order valence-electron chi connectivity index (χ1n) is 20.2. The van der Waals surface area contributed by atoms with Gasteiger partial charge in [0.1, 0.15) is 80.5 Å². The van der Waals surface area contributed by atoms with E-state index in [2.05, 4.69) is 0 Å². The monoisotopic (exact) mass is 844 g/mol. The number of anilines is 2. The molecular weight excluding hydrogens is 805 g/mol. The van der Waals surface area contributed by atoms with Gasteiger partial charge in [-0.2, -0.15) is 0 Å². The number of nitrogen functional groups attached to an aromatic ring is 2. The highest BCUT2D eigenvalue weighted by molar-refractivity contribution is 5.51. The average molecular weight is 845 g/mol. The normalized spacial score (nSPS) is 10.6. The topological polar surface area (TPSA) is 126 Å². The van der Waals surface area contributed by atoms with E-state index in [1.165, 1.54) is 0 Å². The number of para-hydroxylation sites is 2. The Balaban J connectivity index is 0.821. The Labute approximate surface area is 369 Å². The maximum absolute atomic E-state index is 6.35. The molecule has 0 aliphatic heterocycles. The zero-order valence-electron chi connectivity index (χ0n) is 34.2. The molecule has 9 rings (SSSR count). The summed E-state index contributed by atoms with van der Waals surface area (Å²) < 4.78 is 49.4. The van der Waals surface area contributed by atoms with Crippen molar-refractivity contribution < 1.29 is 37.9 Å². The van der Waals surface area contributed by atoms with Gasteiger partial charge >= 0.3 is 0 Å². The predicted molar refractivity (Wildman–Crippen MR) is 247 cm³/mol. The molecule has 4 N–H and O–H groups in total. The fourth-order valence-corrected chi connectivity index (χ4v) is 6.45. The van der Waals surface area contributed by atoms with Gasteiger partial charge in [0.15, 0.2) is 11.5 Å². The minimum Gasteiger partial charge on any atom is -0.457 e. The van der Waals surface area contributed by atoms with Crippen molar-refractivity contribution in [1.82, 2.24) is 0 Å². The molecule has 0 saturated heterocycles. The van der Waals surface area contributed by atoms with E-state index in [0.29, 0.717) is 103 Å². The standard InChI is InChI=1S/C54H40N2O8/c55-37-11-3-13-39(29-37)57-41-15-5-17-43(31-41)59-45-19-7-21-47(33-45)61-49-23-9-25-51(35-49)63-53-27-1-2-28-54(53)64-52-26-10-24-50(36-52)62-48-22-8-20-46(34-48)60-44-18-6-16-42(32-44)58-40-14-4-12-38(56)30-40/h1-36H,55-56H2. The Hall–Kier alpha value is -9.02. The maximum Gasteiger partial charge on any atom is 0.169 e. The third-order valence-electron chi connectivity index (χ3n) is 9.27. The first kappa shape index (κ1) is 40.4. The molecule has 0 unspecified atom stereocenters. The molecule has 0 spiro atoms. The van der Waals surface area contributed by atoms with Crippen molar-refractivity contribution in [2.24, 2.45) is 0 Å². The zero-order valence-corrected chi connectivity index (χ0v) is 34.2. The van der Waals surface area contributed by atoms with Gasteiger partial charge in [-0.05, 0) is 109 Å². The van der Waals surface area contributed by atoms with Crippen LogP contribution in [-0.4, -0.2) is 0 Å². The second kappa shape index (κ2) is 19.1. The lowest BCUT2D eigenvalue weighted by molar-refractivity contribution is 0.412. The summed E-state index contributed by atoms with van der Waals surface area (Å²) in [7, 11) is 0. The van der Waals surface area contributed by atoms with Crippen LogP contribution in [0.15, 0.2) is 218 Å². The molecule has 0 saturated carbocycles. The van der Waals surface area contributed by atoms with Gasteiger partial charge in [-0.1, -0.05) is 60.7 Å². The first-order valence-corrected chi connectivity index (χ1v) is 20.2. The van der Waals surface area contributed by atoms with Gasteiger partial charge in [-0.25, -0.2) is 0 Å². The van der Waals surface area contributed by atoms with Crippen LogP contribution in [0.1, 0.15) is 0 Å². The van der Waals surface area contributed by atoms with Gasteiger partial charge in [0, 0.05) is 59.9 Å². The molecule has 0 heterocycles. The first-order chi connectivity index (χ1) is 31.4. The fraction of sp³-hybridized carbons (Fsp3) is 0. The smallest absolute Gasteiger partial charge is 0.169 e. The van der Waals surface area contributed by atoms with Gasteiger partial charge in [0.05, 0.1) is 0 Å². The van der Waals surface area contributed by atoms with Crippen molar-refractivity contribution in [1.29, 1.82) is 0 Å². The molecule has 0 radical (unpaired) electrons. The van der Waals surface area contributed by atoms with Crippen LogP contribution in [-0.2, 0) is 0 Å². The lowest BCUT2D eigenvalue weighted by Gasteiger charge is -2.14. The number of hydrogen-bond donors (Lipinski definition) is 2. The van der Waals surface area contributed by atoms with E-state index in [4.69, 9.17) is 49.4 Å². The van der Waals surface area contributed by atoms with Crippen molar-refractivity contribution in [3.05, 3.63) is 218 Å². The SMILES string of the molecule is Nc1cccc(Oc2cccc(Oc3cccc(Oc4cccc(Oc5ccccc5Oc5cccc(Oc6cccc(Oc7cccc(Oc8cccc(N)c8)c7)c6)c5)c4)c3)c2)c1.